The van der Waals surface area contributed by atoms with Crippen LogP contribution in [0.3, 0.4) is 0 Å². The van der Waals surface area contributed by atoms with Gasteiger partial charge in [0.05, 0.1) is 23.6 Å². The minimum atomic E-state index is -4.13. The quantitative estimate of drug-likeness (QED) is 0.194. The summed E-state index contributed by atoms with van der Waals surface area (Å²) in [6.45, 7) is 4.70. The number of benzene rings is 2. The van der Waals surface area contributed by atoms with Gasteiger partial charge in [0.1, 0.15) is 5.76 Å². The maximum absolute atomic E-state index is 11.5. The Morgan fingerprint density at radius 1 is 1.00 bits per heavy atom. The fraction of sp³-hybridized carbons (Fsp3) is 0.344. The van der Waals surface area contributed by atoms with E-state index in [-0.39, 0.29) is 30.4 Å². The van der Waals surface area contributed by atoms with Crippen molar-refractivity contribution in [3.63, 3.8) is 0 Å². The summed E-state index contributed by atoms with van der Waals surface area (Å²) in [7, 11) is -8.22. The Labute approximate surface area is 258 Å². The van der Waals surface area contributed by atoms with E-state index in [2.05, 4.69) is 0 Å². The first-order valence-electron chi connectivity index (χ1n) is 14.6. The first-order chi connectivity index (χ1) is 20.9. The number of aromatic nitrogens is 1. The van der Waals surface area contributed by atoms with Crippen molar-refractivity contribution < 1.29 is 39.7 Å². The van der Waals surface area contributed by atoms with Crippen molar-refractivity contribution in [1.82, 2.24) is 4.90 Å². The molecule has 5 rings (SSSR count). The van der Waals surface area contributed by atoms with Crippen molar-refractivity contribution in [2.24, 2.45) is 0 Å². The Balaban J connectivity index is 1.52. The number of allylic oxidation sites excluding steroid dienone is 4. The lowest BCUT2D eigenvalue weighted by Gasteiger charge is -2.25. The number of oxazole rings is 1. The number of rotatable bonds is 12. The highest BCUT2D eigenvalue weighted by Crippen LogP contribution is 2.37. The minimum absolute atomic E-state index is 0.0706. The molecule has 0 radical (unpaired) electrons. The Morgan fingerprint density at radius 2 is 1.73 bits per heavy atom. The number of nitrogens with zero attached hydrogens (tertiary/aromatic N) is 2. The third kappa shape index (κ3) is 7.86. The lowest BCUT2D eigenvalue weighted by atomic mass is 9.99. The molecule has 2 aromatic carbocycles. The van der Waals surface area contributed by atoms with E-state index >= 15 is 0 Å². The molecule has 234 valence electrons. The molecule has 0 saturated carbocycles. The van der Waals surface area contributed by atoms with Gasteiger partial charge < -0.3 is 14.1 Å². The second-order valence-corrected chi connectivity index (χ2v) is 14.2. The van der Waals surface area contributed by atoms with Gasteiger partial charge in [-0.05, 0) is 55.0 Å². The predicted molar refractivity (Wildman–Crippen MR) is 168 cm³/mol. The molecule has 2 N–H and O–H groups in total. The van der Waals surface area contributed by atoms with Gasteiger partial charge in [0.2, 0.25) is 5.58 Å². The molecule has 2 aliphatic rings. The van der Waals surface area contributed by atoms with Crippen molar-refractivity contribution in [2.45, 2.75) is 52.1 Å². The normalized spacial score (nSPS) is 18.4. The van der Waals surface area contributed by atoms with E-state index in [4.69, 9.17) is 9.15 Å². The molecule has 0 spiro atoms. The third-order valence-corrected chi connectivity index (χ3v) is 9.32. The second-order valence-electron chi connectivity index (χ2n) is 11.1. The molecule has 10 nitrogen and oxygen atoms in total. The van der Waals surface area contributed by atoms with Crippen LogP contribution in [0.5, 0.6) is 0 Å². The first kappa shape index (κ1) is 31.7. The van der Waals surface area contributed by atoms with Crippen molar-refractivity contribution in [3.8, 4) is 11.1 Å². The fourth-order valence-corrected chi connectivity index (χ4v) is 6.51. The largest absolute Gasteiger partial charge is 0.443 e. The molecule has 1 aromatic heterocycles. The van der Waals surface area contributed by atoms with Gasteiger partial charge in [-0.2, -0.15) is 21.4 Å². The van der Waals surface area contributed by atoms with Crippen molar-refractivity contribution in [1.29, 1.82) is 0 Å². The van der Waals surface area contributed by atoms with Gasteiger partial charge in [-0.3, -0.25) is 9.11 Å². The average molecular weight is 642 g/mol. The Hall–Kier alpha value is -3.71. The van der Waals surface area contributed by atoms with Gasteiger partial charge >= 0.3 is 5.89 Å². The van der Waals surface area contributed by atoms with Crippen LogP contribution in [0.15, 0.2) is 94.0 Å². The second kappa shape index (κ2) is 13.1. The van der Waals surface area contributed by atoms with E-state index in [9.17, 15) is 25.9 Å². The summed E-state index contributed by atoms with van der Waals surface area (Å²) >= 11 is 0. The smallest absolute Gasteiger partial charge is 0.374 e. The lowest BCUT2D eigenvalue weighted by Crippen LogP contribution is -2.36. The zero-order chi connectivity index (χ0) is 31.5. The van der Waals surface area contributed by atoms with Crippen LogP contribution in [-0.2, 0) is 31.5 Å². The van der Waals surface area contributed by atoms with Gasteiger partial charge in [0.25, 0.3) is 25.8 Å². The van der Waals surface area contributed by atoms with Crippen LogP contribution >= 0.6 is 0 Å². The molecule has 1 fully saturated rings. The Morgan fingerprint density at radius 3 is 2.43 bits per heavy atom. The summed E-state index contributed by atoms with van der Waals surface area (Å²) in [6.07, 6.45) is 9.51. The van der Waals surface area contributed by atoms with Crippen molar-refractivity contribution in [2.75, 3.05) is 18.1 Å². The van der Waals surface area contributed by atoms with Crippen LogP contribution in [0.4, 0.5) is 0 Å². The van der Waals surface area contributed by atoms with E-state index < -0.39 is 20.2 Å². The van der Waals surface area contributed by atoms with E-state index in [1.165, 1.54) is 5.57 Å². The number of aryl methyl sites for hydroxylation is 1. The highest BCUT2D eigenvalue weighted by molar-refractivity contribution is 7.86. The molecule has 1 unspecified atom stereocenters. The molecule has 0 bridgehead atoms. The fourth-order valence-electron chi connectivity index (χ4n) is 5.52. The van der Waals surface area contributed by atoms with Gasteiger partial charge in [-0.1, -0.05) is 55.0 Å². The van der Waals surface area contributed by atoms with Crippen LogP contribution in [0.25, 0.3) is 28.3 Å². The number of hydrogen-bond donors (Lipinski definition) is 2. The summed E-state index contributed by atoms with van der Waals surface area (Å²) in [5.74, 6) is 1.14. The summed E-state index contributed by atoms with van der Waals surface area (Å²) in [5.41, 5.74) is 5.48. The first-order valence-corrected chi connectivity index (χ1v) is 17.8. The number of ether oxygens (including phenoxy) is 1. The summed E-state index contributed by atoms with van der Waals surface area (Å²) in [4.78, 5) is 2.03. The van der Waals surface area contributed by atoms with E-state index in [1.807, 2.05) is 96.1 Å². The Bertz CT molecular complexity index is 1870. The van der Waals surface area contributed by atoms with Crippen LogP contribution in [0, 0.1) is 0 Å². The Kier molecular flexibility index (Phi) is 9.45. The zero-order valence-corrected chi connectivity index (χ0v) is 26.4. The van der Waals surface area contributed by atoms with Gasteiger partial charge in [-0.15, -0.1) is 0 Å². The minimum Gasteiger partial charge on any atom is -0.443 e. The third-order valence-electron chi connectivity index (χ3n) is 7.71. The maximum atomic E-state index is 11.5. The molecule has 1 aliphatic carbocycles. The highest BCUT2D eigenvalue weighted by Gasteiger charge is 2.36. The number of fused-ring (bicyclic) bond motifs is 2. The summed E-state index contributed by atoms with van der Waals surface area (Å²) in [6, 6.07) is 15.7. The van der Waals surface area contributed by atoms with Crippen LogP contribution in [0.1, 0.15) is 45.4 Å². The molecule has 2 heterocycles. The molecular weight excluding hydrogens is 604 g/mol. The molecular formula is C32H37N2O8S2+. The van der Waals surface area contributed by atoms with Crippen molar-refractivity contribution >= 4 is 37.4 Å². The van der Waals surface area contributed by atoms with Crippen LogP contribution in [0.2, 0.25) is 0 Å². The molecule has 1 atom stereocenters. The highest BCUT2D eigenvalue weighted by atomic mass is 32.2. The maximum Gasteiger partial charge on any atom is 0.374 e. The van der Waals surface area contributed by atoms with Gasteiger partial charge in [-0.25, -0.2) is 0 Å². The lowest BCUT2D eigenvalue weighted by molar-refractivity contribution is -0.677. The topological polar surface area (TPSA) is 138 Å². The van der Waals surface area contributed by atoms with Crippen molar-refractivity contribution in [3.05, 3.63) is 95.4 Å². The van der Waals surface area contributed by atoms with Gasteiger partial charge in [0.15, 0.2) is 12.4 Å². The monoisotopic (exact) mass is 641 g/mol. The van der Waals surface area contributed by atoms with E-state index in [1.54, 1.807) is 0 Å². The van der Waals surface area contributed by atoms with Crippen LogP contribution < -0.4 is 4.57 Å². The van der Waals surface area contributed by atoms with Gasteiger partial charge in [0, 0.05) is 25.1 Å². The standard InChI is InChI=1S/C32H36N2O8S2/c1-3-24(20-31-33(15-7-17-43(35,36)37)27-19-23(2)11-13-29(27)41-31)21-32-34(16-8-18-44(38,39)40)28-22-26(12-14-30(28)42-32)25-9-5-4-6-10-25/h4-6,9-14,20-22,27H,3,7-8,15-19H2,1-2H3,(H-,35,36,37,38,39,40)/p+1. The number of hydrogen-bond acceptors (Lipinski definition) is 7. The zero-order valence-electron chi connectivity index (χ0n) is 24.7. The molecule has 1 aliphatic heterocycles. The molecule has 0 amide bonds. The molecule has 44 heavy (non-hydrogen) atoms. The molecule has 1 saturated heterocycles. The average Bonchev–Trinajstić information content (AvgIpc) is 3.48. The van der Waals surface area contributed by atoms with E-state index in [0.717, 1.165) is 34.4 Å². The van der Waals surface area contributed by atoms with E-state index in [0.29, 0.717) is 36.9 Å². The van der Waals surface area contributed by atoms with Crippen LogP contribution in [-0.4, -0.2) is 54.9 Å². The summed E-state index contributed by atoms with van der Waals surface area (Å²) < 4.78 is 78.8. The molecule has 12 heteroatoms. The molecule has 3 aromatic rings. The predicted octanol–water partition coefficient (Wildman–Crippen LogP) is 5.51. The summed E-state index contributed by atoms with van der Waals surface area (Å²) in [5, 5.41) is 0. The SMILES string of the molecule is CCC(/C=C1\OC2=CC=C(C)CC2N1CCCS(=O)(=O)O)=C\c1oc2ccc(-c3ccccc3)cc2[n+]1CCCS(=O)(=O)O.